The molecule has 2 amide bonds. The van der Waals surface area contributed by atoms with Crippen molar-refractivity contribution in [2.45, 2.75) is 11.4 Å². The van der Waals surface area contributed by atoms with E-state index in [-0.39, 0.29) is 22.4 Å². The number of oxime groups is 1. The number of allylic oxidation sites excluding steroid dienone is 1. The minimum absolute atomic E-state index is 0.0254. The highest BCUT2D eigenvalue weighted by molar-refractivity contribution is 8.00. The molecule has 14 heteroatoms. The first-order chi connectivity index (χ1) is 15.0. The third kappa shape index (κ3) is 4.92. The summed E-state index contributed by atoms with van der Waals surface area (Å²) in [5.41, 5.74) is 5.81. The minimum Gasteiger partial charge on any atom is -0.477 e. The number of hydrogen-bond acceptors (Lipinski definition) is 10. The number of nitrogens with zero attached hydrogens (tertiary/aromatic N) is 5. The van der Waals surface area contributed by atoms with Crippen LogP contribution in [-0.2, 0) is 19.2 Å². The smallest absolute Gasteiger partial charge is 0.352 e. The van der Waals surface area contributed by atoms with Crippen LogP contribution in [0.1, 0.15) is 5.82 Å². The number of rotatable bonds is 8. The number of carbonyl (C=O) groups excluding carboxylic acids is 2. The molecule has 0 bridgehead atoms. The largest absolute Gasteiger partial charge is 0.477 e. The SMILES string of the molecule is CO/N=C(\C(=O)NC1C(=O)N2C(C(=O)O)=C(/C=C/C[N+](C)(C)C)CS[C@H]12)c1nsc(N)n1. The van der Waals surface area contributed by atoms with Crippen molar-refractivity contribution in [1.82, 2.24) is 19.6 Å². The Kier molecular flexibility index (Phi) is 6.85. The molecule has 1 saturated heterocycles. The number of nitrogens with two attached hydrogens (primary N) is 1. The quantitative estimate of drug-likeness (QED) is 0.191. The summed E-state index contributed by atoms with van der Waals surface area (Å²) in [6.07, 6.45) is 3.64. The fraction of sp³-hybridized carbons (Fsp3) is 0.444. The fourth-order valence-electron chi connectivity index (χ4n) is 3.10. The maximum atomic E-state index is 12.8. The average Bonchev–Trinajstić information content (AvgIpc) is 3.14. The molecule has 0 aromatic carbocycles. The highest BCUT2D eigenvalue weighted by Crippen LogP contribution is 2.40. The second-order valence-electron chi connectivity index (χ2n) is 7.99. The molecule has 1 aromatic heterocycles. The number of fused-ring (bicyclic) bond motifs is 1. The van der Waals surface area contributed by atoms with Gasteiger partial charge in [-0.25, -0.2) is 4.79 Å². The number of thioether (sulfide) groups is 1. The summed E-state index contributed by atoms with van der Waals surface area (Å²) in [4.78, 5) is 47.3. The number of aliphatic carboxylic acids is 1. The molecular formula is C18H24N7O5S2+. The number of nitrogens with one attached hydrogen (secondary N) is 1. The normalized spacial score (nSPS) is 21.4. The van der Waals surface area contributed by atoms with Crippen molar-refractivity contribution in [3.8, 4) is 0 Å². The Morgan fingerprint density at radius 2 is 2.16 bits per heavy atom. The van der Waals surface area contributed by atoms with Crippen LogP contribution in [0.4, 0.5) is 5.13 Å². The van der Waals surface area contributed by atoms with Crippen molar-refractivity contribution in [3.63, 3.8) is 0 Å². The van der Waals surface area contributed by atoms with Gasteiger partial charge in [0, 0.05) is 17.3 Å². The van der Waals surface area contributed by atoms with E-state index in [0.29, 0.717) is 22.4 Å². The predicted molar refractivity (Wildman–Crippen MR) is 120 cm³/mol. The van der Waals surface area contributed by atoms with Crippen molar-refractivity contribution in [2.75, 3.05) is 46.3 Å². The van der Waals surface area contributed by atoms with E-state index in [1.54, 1.807) is 6.08 Å². The van der Waals surface area contributed by atoms with Gasteiger partial charge < -0.3 is 25.5 Å². The van der Waals surface area contributed by atoms with Crippen LogP contribution in [0.5, 0.6) is 0 Å². The number of amides is 2. The van der Waals surface area contributed by atoms with Gasteiger partial charge in [0.25, 0.3) is 11.8 Å². The summed E-state index contributed by atoms with van der Waals surface area (Å²) in [7, 11) is 7.32. The lowest BCUT2D eigenvalue weighted by Crippen LogP contribution is -2.71. The van der Waals surface area contributed by atoms with Crippen molar-refractivity contribution in [3.05, 3.63) is 29.2 Å². The number of β-lactam (4-membered cyclic amide) rings is 1. The molecule has 3 rings (SSSR count). The molecule has 3 heterocycles. The Balaban J connectivity index is 1.78. The van der Waals surface area contributed by atoms with Crippen LogP contribution in [0.3, 0.4) is 0 Å². The van der Waals surface area contributed by atoms with E-state index in [1.807, 2.05) is 27.2 Å². The maximum absolute atomic E-state index is 12.8. The van der Waals surface area contributed by atoms with Crippen LogP contribution >= 0.6 is 23.3 Å². The van der Waals surface area contributed by atoms with E-state index in [4.69, 9.17) is 10.6 Å². The van der Waals surface area contributed by atoms with Crippen molar-refractivity contribution in [1.29, 1.82) is 0 Å². The first kappa shape index (κ1) is 23.7. The number of aromatic nitrogens is 2. The van der Waals surface area contributed by atoms with Crippen LogP contribution in [0.25, 0.3) is 0 Å². The average molecular weight is 483 g/mol. The van der Waals surface area contributed by atoms with Crippen LogP contribution in [0.2, 0.25) is 0 Å². The number of carboxylic acids is 1. The monoisotopic (exact) mass is 482 g/mol. The van der Waals surface area contributed by atoms with E-state index in [0.717, 1.165) is 11.5 Å². The summed E-state index contributed by atoms with van der Waals surface area (Å²) in [6, 6.07) is -0.920. The van der Waals surface area contributed by atoms with Crippen molar-refractivity contribution in [2.24, 2.45) is 5.16 Å². The number of carboxylic acid groups (broad SMARTS) is 1. The zero-order valence-corrected chi connectivity index (χ0v) is 19.6. The maximum Gasteiger partial charge on any atom is 0.352 e. The molecule has 0 spiro atoms. The van der Waals surface area contributed by atoms with Gasteiger partial charge in [0.15, 0.2) is 5.13 Å². The second kappa shape index (κ2) is 9.26. The van der Waals surface area contributed by atoms with Gasteiger partial charge in [-0.05, 0) is 11.6 Å². The van der Waals surface area contributed by atoms with Gasteiger partial charge in [0.1, 0.15) is 24.2 Å². The molecular weight excluding hydrogens is 458 g/mol. The summed E-state index contributed by atoms with van der Waals surface area (Å²) in [6.45, 7) is 0.702. The zero-order valence-electron chi connectivity index (χ0n) is 17.9. The molecule has 12 nitrogen and oxygen atoms in total. The molecule has 0 saturated carbocycles. The molecule has 0 aliphatic carbocycles. The van der Waals surface area contributed by atoms with Crippen LogP contribution in [0, 0.1) is 0 Å². The number of nitrogen functional groups attached to an aromatic ring is 1. The molecule has 0 radical (unpaired) electrons. The molecule has 1 aromatic rings. The van der Waals surface area contributed by atoms with E-state index in [9.17, 15) is 19.5 Å². The van der Waals surface area contributed by atoms with Gasteiger partial charge in [-0.1, -0.05) is 11.2 Å². The van der Waals surface area contributed by atoms with Gasteiger partial charge in [0.2, 0.25) is 11.5 Å². The highest BCUT2D eigenvalue weighted by Gasteiger charge is 2.54. The Morgan fingerprint density at radius 3 is 2.72 bits per heavy atom. The number of quaternary nitrogens is 1. The first-order valence-corrected chi connectivity index (χ1v) is 11.3. The van der Waals surface area contributed by atoms with Gasteiger partial charge in [0.05, 0.1) is 27.7 Å². The Hall–Kier alpha value is -2.97. The molecule has 2 aliphatic rings. The summed E-state index contributed by atoms with van der Waals surface area (Å²) >= 11 is 2.26. The molecule has 4 N–H and O–H groups in total. The number of carbonyl (C=O) groups is 3. The summed E-state index contributed by atoms with van der Waals surface area (Å²) < 4.78 is 4.62. The van der Waals surface area contributed by atoms with E-state index >= 15 is 0 Å². The lowest BCUT2D eigenvalue weighted by atomic mass is 10.0. The van der Waals surface area contributed by atoms with Crippen molar-refractivity contribution < 1.29 is 28.8 Å². The number of hydrogen-bond donors (Lipinski definition) is 3. The van der Waals surface area contributed by atoms with Crippen LogP contribution < -0.4 is 11.1 Å². The number of anilines is 1. The molecule has 2 aliphatic heterocycles. The van der Waals surface area contributed by atoms with Gasteiger partial charge in [-0.2, -0.15) is 9.36 Å². The Labute approximate surface area is 192 Å². The zero-order chi connectivity index (χ0) is 23.6. The summed E-state index contributed by atoms with van der Waals surface area (Å²) in [5.74, 6) is -2.07. The Bertz CT molecular complexity index is 1030. The number of likely N-dealkylation sites (N-methyl/N-ethyl adjacent to an activating group) is 1. The van der Waals surface area contributed by atoms with E-state index in [1.165, 1.54) is 23.8 Å². The van der Waals surface area contributed by atoms with Gasteiger partial charge in [-0.15, -0.1) is 11.8 Å². The fourth-order valence-corrected chi connectivity index (χ4v) is 4.85. The summed E-state index contributed by atoms with van der Waals surface area (Å²) in [5, 5.41) is 15.6. The second-order valence-corrected chi connectivity index (χ2v) is 9.88. The van der Waals surface area contributed by atoms with Crippen molar-refractivity contribution >= 4 is 51.9 Å². The molecule has 1 unspecified atom stereocenters. The van der Waals surface area contributed by atoms with E-state index < -0.39 is 29.2 Å². The standard InChI is InChI=1S/C18H23N7O5S2/c1-25(2,3)7-5-6-9-8-31-16-11(15(27)24(16)12(9)17(28)29)20-14(26)10(22-30-4)13-21-18(19)32-23-13/h5-6,11,16H,7-8H2,1-4H3,(H3-,19,20,21,23,26,28,29)/p+1/b6-5+,22-10-/t11?,16-/m1/s1. The highest BCUT2D eigenvalue weighted by atomic mass is 32.2. The van der Waals surface area contributed by atoms with E-state index in [2.05, 4.69) is 19.8 Å². The lowest BCUT2D eigenvalue weighted by molar-refractivity contribution is -0.864. The molecule has 1 fully saturated rings. The van der Waals surface area contributed by atoms with Crippen LogP contribution in [-0.4, -0.2) is 99.3 Å². The van der Waals surface area contributed by atoms with Gasteiger partial charge >= 0.3 is 5.97 Å². The minimum atomic E-state index is -1.19. The third-order valence-corrected chi connectivity index (χ3v) is 6.36. The topological polar surface area (TPSA) is 160 Å². The lowest BCUT2D eigenvalue weighted by Gasteiger charge is -2.49. The van der Waals surface area contributed by atoms with Gasteiger partial charge in [-0.3, -0.25) is 14.5 Å². The molecule has 2 atom stereocenters. The first-order valence-electron chi connectivity index (χ1n) is 9.43. The third-order valence-electron chi connectivity index (χ3n) is 4.51. The van der Waals surface area contributed by atoms with Crippen LogP contribution in [0.15, 0.2) is 28.6 Å². The Morgan fingerprint density at radius 1 is 1.44 bits per heavy atom. The predicted octanol–water partition coefficient (Wildman–Crippen LogP) is -0.528. The molecule has 32 heavy (non-hydrogen) atoms. The molecule has 172 valence electrons.